The number of rotatable bonds is 4. The number of nitrogens with one attached hydrogen (secondary N) is 1. The predicted octanol–water partition coefficient (Wildman–Crippen LogP) is 2.04. The standard InChI is InChI=1S/C16H18N2O2/c1-2-17-15-10-20-9-13(15)16(19)12-5-3-7-14-11(12)6-4-8-18-14/h3-8,13,15,17H,2,9-10H2,1H3. The van der Waals surface area contributed by atoms with Crippen LogP contribution >= 0.6 is 0 Å². The smallest absolute Gasteiger partial charge is 0.170 e. The molecule has 2 atom stereocenters. The van der Waals surface area contributed by atoms with Crippen molar-refractivity contribution >= 4 is 16.7 Å². The fourth-order valence-corrected chi connectivity index (χ4v) is 2.79. The fraction of sp³-hybridized carbons (Fsp3) is 0.375. The molecule has 4 nitrogen and oxygen atoms in total. The van der Waals surface area contributed by atoms with Crippen LogP contribution in [0.25, 0.3) is 10.9 Å². The summed E-state index contributed by atoms with van der Waals surface area (Å²) in [6.07, 6.45) is 1.75. The Balaban J connectivity index is 1.96. The molecule has 20 heavy (non-hydrogen) atoms. The van der Waals surface area contributed by atoms with Crippen molar-refractivity contribution in [1.29, 1.82) is 0 Å². The molecule has 2 aromatic rings. The summed E-state index contributed by atoms with van der Waals surface area (Å²) < 4.78 is 5.48. The highest BCUT2D eigenvalue weighted by molar-refractivity contribution is 6.08. The minimum absolute atomic E-state index is 0.110. The number of hydrogen-bond donors (Lipinski definition) is 1. The van der Waals surface area contributed by atoms with Crippen LogP contribution in [-0.4, -0.2) is 36.6 Å². The van der Waals surface area contributed by atoms with Gasteiger partial charge in [-0.3, -0.25) is 9.78 Å². The Kier molecular flexibility index (Phi) is 3.76. The number of ether oxygens (including phenoxy) is 1. The molecule has 1 saturated heterocycles. The Bertz CT molecular complexity index is 621. The highest BCUT2D eigenvalue weighted by Gasteiger charge is 2.34. The minimum atomic E-state index is -0.110. The van der Waals surface area contributed by atoms with E-state index in [1.807, 2.05) is 37.3 Å². The number of ketones is 1. The second-order valence-electron chi connectivity index (χ2n) is 5.05. The summed E-state index contributed by atoms with van der Waals surface area (Å²) in [4.78, 5) is 17.1. The molecule has 1 aliphatic heterocycles. The van der Waals surface area contributed by atoms with E-state index in [2.05, 4.69) is 10.3 Å². The number of carbonyl (C=O) groups is 1. The Labute approximate surface area is 118 Å². The zero-order valence-electron chi connectivity index (χ0n) is 11.5. The molecule has 0 bridgehead atoms. The van der Waals surface area contributed by atoms with E-state index in [9.17, 15) is 4.79 Å². The number of nitrogens with zero attached hydrogens (tertiary/aromatic N) is 1. The summed E-state index contributed by atoms with van der Waals surface area (Å²) in [6.45, 7) is 3.98. The van der Waals surface area contributed by atoms with Crippen molar-refractivity contribution in [2.45, 2.75) is 13.0 Å². The van der Waals surface area contributed by atoms with Crippen LogP contribution in [0.1, 0.15) is 17.3 Å². The third-order valence-electron chi connectivity index (χ3n) is 3.79. The van der Waals surface area contributed by atoms with Gasteiger partial charge >= 0.3 is 0 Å². The van der Waals surface area contributed by atoms with Gasteiger partial charge in [0.2, 0.25) is 0 Å². The number of aromatic nitrogens is 1. The summed E-state index contributed by atoms with van der Waals surface area (Å²) in [7, 11) is 0. The second-order valence-corrected chi connectivity index (χ2v) is 5.05. The lowest BCUT2D eigenvalue weighted by Crippen LogP contribution is -2.39. The number of Topliss-reactive ketones (excluding diaryl/α,β-unsaturated/α-hetero) is 1. The maximum Gasteiger partial charge on any atom is 0.170 e. The first-order valence-electron chi connectivity index (χ1n) is 7.00. The molecule has 0 saturated carbocycles. The van der Waals surface area contributed by atoms with E-state index in [4.69, 9.17) is 4.74 Å². The van der Waals surface area contributed by atoms with E-state index < -0.39 is 0 Å². The third-order valence-corrected chi connectivity index (χ3v) is 3.79. The molecule has 2 heterocycles. The molecule has 1 aliphatic rings. The van der Waals surface area contributed by atoms with E-state index in [1.165, 1.54) is 0 Å². The summed E-state index contributed by atoms with van der Waals surface area (Å²) >= 11 is 0. The van der Waals surface area contributed by atoms with E-state index in [0.717, 1.165) is 23.0 Å². The van der Waals surface area contributed by atoms with Crippen molar-refractivity contribution in [3.63, 3.8) is 0 Å². The molecule has 3 rings (SSSR count). The first-order chi connectivity index (χ1) is 9.81. The maximum atomic E-state index is 12.8. The molecule has 1 aromatic carbocycles. The molecule has 0 spiro atoms. The van der Waals surface area contributed by atoms with Gasteiger partial charge in [0.25, 0.3) is 0 Å². The minimum Gasteiger partial charge on any atom is -0.379 e. The molecule has 2 unspecified atom stereocenters. The van der Waals surface area contributed by atoms with E-state index >= 15 is 0 Å². The summed E-state index contributed by atoms with van der Waals surface area (Å²) in [5.41, 5.74) is 1.60. The highest BCUT2D eigenvalue weighted by Crippen LogP contribution is 2.24. The van der Waals surface area contributed by atoms with Crippen LogP contribution in [0.2, 0.25) is 0 Å². The lowest BCUT2D eigenvalue weighted by atomic mass is 9.91. The number of pyridine rings is 1. The van der Waals surface area contributed by atoms with Crippen molar-refractivity contribution in [2.75, 3.05) is 19.8 Å². The Morgan fingerprint density at radius 1 is 1.35 bits per heavy atom. The fourth-order valence-electron chi connectivity index (χ4n) is 2.79. The lowest BCUT2D eigenvalue weighted by Gasteiger charge is -2.17. The molecule has 1 aromatic heterocycles. The van der Waals surface area contributed by atoms with Gasteiger partial charge in [0.05, 0.1) is 24.6 Å². The van der Waals surface area contributed by atoms with Gasteiger partial charge in [-0.05, 0) is 18.7 Å². The average molecular weight is 270 g/mol. The lowest BCUT2D eigenvalue weighted by molar-refractivity contribution is 0.0893. The summed E-state index contributed by atoms with van der Waals surface area (Å²) in [5.74, 6) is 0.0350. The van der Waals surface area contributed by atoms with Crippen LogP contribution < -0.4 is 5.32 Å². The van der Waals surface area contributed by atoms with Crippen LogP contribution in [0.5, 0.6) is 0 Å². The van der Waals surface area contributed by atoms with E-state index in [-0.39, 0.29) is 17.7 Å². The van der Waals surface area contributed by atoms with Gasteiger partial charge in [0.15, 0.2) is 5.78 Å². The predicted molar refractivity (Wildman–Crippen MR) is 77.8 cm³/mol. The number of likely N-dealkylation sites (N-methyl/N-ethyl adjacent to an activating group) is 1. The van der Waals surface area contributed by atoms with Gasteiger partial charge in [0.1, 0.15) is 0 Å². The topological polar surface area (TPSA) is 51.2 Å². The number of hydrogen-bond acceptors (Lipinski definition) is 4. The molecule has 1 N–H and O–H groups in total. The molecular weight excluding hydrogens is 252 g/mol. The summed E-state index contributed by atoms with van der Waals surface area (Å²) in [5, 5.41) is 4.25. The molecule has 0 radical (unpaired) electrons. The Hall–Kier alpha value is -1.78. The molecule has 0 aliphatic carbocycles. The average Bonchev–Trinajstić information content (AvgIpc) is 2.94. The van der Waals surface area contributed by atoms with Crippen LogP contribution in [0, 0.1) is 5.92 Å². The molecular formula is C16H18N2O2. The van der Waals surface area contributed by atoms with Crippen molar-refractivity contribution in [1.82, 2.24) is 10.3 Å². The molecule has 4 heteroatoms. The normalized spacial score (nSPS) is 22.2. The first-order valence-corrected chi connectivity index (χ1v) is 7.00. The van der Waals surface area contributed by atoms with Gasteiger partial charge in [0, 0.05) is 23.2 Å². The zero-order valence-corrected chi connectivity index (χ0v) is 11.5. The monoisotopic (exact) mass is 270 g/mol. The molecule has 0 amide bonds. The SMILES string of the molecule is CCNC1COCC1C(=O)c1cccc2ncccc12. The molecule has 104 valence electrons. The van der Waals surface area contributed by atoms with Crippen LogP contribution in [0.15, 0.2) is 36.5 Å². The van der Waals surface area contributed by atoms with Crippen molar-refractivity contribution < 1.29 is 9.53 Å². The number of carbonyl (C=O) groups excluding carboxylic acids is 1. The Morgan fingerprint density at radius 3 is 3.10 bits per heavy atom. The Morgan fingerprint density at radius 2 is 2.25 bits per heavy atom. The third kappa shape index (κ3) is 2.32. The van der Waals surface area contributed by atoms with Crippen LogP contribution in [0.4, 0.5) is 0 Å². The van der Waals surface area contributed by atoms with Gasteiger partial charge in [-0.1, -0.05) is 25.1 Å². The van der Waals surface area contributed by atoms with Crippen molar-refractivity contribution in [3.8, 4) is 0 Å². The largest absolute Gasteiger partial charge is 0.379 e. The van der Waals surface area contributed by atoms with Crippen molar-refractivity contribution in [3.05, 3.63) is 42.1 Å². The van der Waals surface area contributed by atoms with Gasteiger partial charge in [-0.2, -0.15) is 0 Å². The van der Waals surface area contributed by atoms with Gasteiger partial charge in [-0.25, -0.2) is 0 Å². The quantitative estimate of drug-likeness (QED) is 0.864. The van der Waals surface area contributed by atoms with Gasteiger partial charge < -0.3 is 10.1 Å². The number of fused-ring (bicyclic) bond motifs is 1. The van der Waals surface area contributed by atoms with E-state index in [0.29, 0.717) is 13.2 Å². The highest BCUT2D eigenvalue weighted by atomic mass is 16.5. The second kappa shape index (κ2) is 5.69. The van der Waals surface area contributed by atoms with Crippen LogP contribution in [0.3, 0.4) is 0 Å². The van der Waals surface area contributed by atoms with Gasteiger partial charge in [-0.15, -0.1) is 0 Å². The van der Waals surface area contributed by atoms with Crippen LogP contribution in [-0.2, 0) is 4.74 Å². The first kappa shape index (κ1) is 13.2. The van der Waals surface area contributed by atoms with Crippen molar-refractivity contribution in [2.24, 2.45) is 5.92 Å². The zero-order chi connectivity index (χ0) is 13.9. The van der Waals surface area contributed by atoms with E-state index in [1.54, 1.807) is 6.20 Å². The summed E-state index contributed by atoms with van der Waals surface area (Å²) in [6, 6.07) is 9.63. The number of benzene rings is 1. The maximum absolute atomic E-state index is 12.8. The molecule has 1 fully saturated rings.